The third-order valence-electron chi connectivity index (χ3n) is 6.77. The van der Waals surface area contributed by atoms with Crippen LogP contribution in [-0.2, 0) is 0 Å². The van der Waals surface area contributed by atoms with Crippen molar-refractivity contribution >= 4 is 11.6 Å². The van der Waals surface area contributed by atoms with Crippen molar-refractivity contribution in [3.8, 4) is 0 Å². The Labute approximate surface area is 134 Å². The van der Waals surface area contributed by atoms with E-state index in [0.717, 1.165) is 12.8 Å². The Morgan fingerprint density at radius 1 is 1.43 bits per heavy atom. The van der Waals surface area contributed by atoms with Crippen molar-refractivity contribution in [2.45, 2.75) is 46.1 Å². The van der Waals surface area contributed by atoms with Crippen LogP contribution >= 0.6 is 0 Å². The molecule has 2 fully saturated rings. The van der Waals surface area contributed by atoms with Crippen LogP contribution in [0.1, 0.15) is 50.4 Å². The topological polar surface area (TPSA) is 79.3 Å². The van der Waals surface area contributed by atoms with Crippen LogP contribution in [0.15, 0.2) is 23.3 Å². The molecule has 2 bridgehead atoms. The Bertz CT molecular complexity index is 850. The molecule has 1 amide bonds. The molecule has 2 aliphatic rings. The maximum atomic E-state index is 12.7. The van der Waals surface area contributed by atoms with Gasteiger partial charge in [0.15, 0.2) is 5.65 Å². The normalized spacial score (nSPS) is 31.6. The minimum absolute atomic E-state index is 0.129. The number of H-pyrrole nitrogens is 1. The molecule has 2 aromatic rings. The monoisotopic (exact) mass is 314 g/mol. The van der Waals surface area contributed by atoms with Crippen molar-refractivity contribution in [3.05, 3.63) is 34.4 Å². The molecule has 0 aliphatic heterocycles. The summed E-state index contributed by atoms with van der Waals surface area (Å²) in [5.74, 6) is 0.512. The van der Waals surface area contributed by atoms with Crippen molar-refractivity contribution in [1.29, 1.82) is 0 Å². The Balaban J connectivity index is 1.64. The quantitative estimate of drug-likeness (QED) is 0.889. The van der Waals surface area contributed by atoms with Crippen molar-refractivity contribution in [2.24, 2.45) is 16.7 Å². The number of fused-ring (bicyclic) bond motifs is 3. The molecule has 23 heavy (non-hydrogen) atoms. The number of hydrogen-bond donors (Lipinski definition) is 2. The average Bonchev–Trinajstić information content (AvgIpc) is 3.08. The lowest BCUT2D eigenvalue weighted by molar-refractivity contribution is 0.0827. The first-order valence-corrected chi connectivity index (χ1v) is 8.20. The zero-order valence-corrected chi connectivity index (χ0v) is 13.7. The van der Waals surface area contributed by atoms with Gasteiger partial charge in [0.1, 0.15) is 5.56 Å². The van der Waals surface area contributed by atoms with Crippen LogP contribution in [0.3, 0.4) is 0 Å². The molecule has 0 saturated heterocycles. The van der Waals surface area contributed by atoms with E-state index in [1.165, 1.54) is 23.2 Å². The minimum atomic E-state index is -0.220. The summed E-state index contributed by atoms with van der Waals surface area (Å²) in [6.45, 7) is 6.94. The summed E-state index contributed by atoms with van der Waals surface area (Å²) in [6.07, 6.45) is 6.43. The van der Waals surface area contributed by atoms with Crippen molar-refractivity contribution in [3.63, 3.8) is 0 Å². The number of aromatic amines is 1. The van der Waals surface area contributed by atoms with E-state index >= 15 is 0 Å². The SMILES string of the molecule is CC1(C)[C@H]2CC[C@@]1(C)[C@H](NC(=O)c1c[nH]n3c(=O)ccnc13)C2. The molecule has 0 spiro atoms. The highest BCUT2D eigenvalue weighted by Crippen LogP contribution is 2.65. The molecule has 0 unspecified atom stereocenters. The summed E-state index contributed by atoms with van der Waals surface area (Å²) in [7, 11) is 0. The zero-order chi connectivity index (χ0) is 16.4. The molecule has 2 heterocycles. The predicted molar refractivity (Wildman–Crippen MR) is 86.3 cm³/mol. The second-order valence-electron chi connectivity index (χ2n) is 7.77. The predicted octanol–water partition coefficient (Wildman–Crippen LogP) is 1.97. The first-order valence-electron chi connectivity index (χ1n) is 8.20. The van der Waals surface area contributed by atoms with Gasteiger partial charge in [-0.05, 0) is 36.0 Å². The summed E-state index contributed by atoms with van der Waals surface area (Å²) in [5.41, 5.74) is 0.959. The Morgan fingerprint density at radius 3 is 2.87 bits per heavy atom. The van der Waals surface area contributed by atoms with Gasteiger partial charge in [0.2, 0.25) is 0 Å². The van der Waals surface area contributed by atoms with Gasteiger partial charge in [0.05, 0.1) is 0 Å². The third-order valence-corrected chi connectivity index (χ3v) is 6.77. The van der Waals surface area contributed by atoms with Crippen LogP contribution in [0.2, 0.25) is 0 Å². The highest BCUT2D eigenvalue weighted by Gasteiger charge is 2.61. The van der Waals surface area contributed by atoms with E-state index < -0.39 is 0 Å². The fraction of sp³-hybridized carbons (Fsp3) is 0.588. The fourth-order valence-electron chi connectivity index (χ4n) is 4.74. The molecule has 2 aromatic heterocycles. The van der Waals surface area contributed by atoms with Gasteiger partial charge in [-0.25, -0.2) is 9.50 Å². The smallest absolute Gasteiger partial charge is 0.272 e. The summed E-state index contributed by atoms with van der Waals surface area (Å²) in [4.78, 5) is 28.7. The van der Waals surface area contributed by atoms with Crippen LogP contribution in [0.5, 0.6) is 0 Å². The summed E-state index contributed by atoms with van der Waals surface area (Å²) >= 11 is 0. The van der Waals surface area contributed by atoms with Gasteiger partial charge in [-0.1, -0.05) is 20.8 Å². The highest BCUT2D eigenvalue weighted by molar-refractivity contribution is 5.99. The number of aromatic nitrogens is 3. The average molecular weight is 314 g/mol. The number of amides is 1. The molecule has 3 atom stereocenters. The lowest BCUT2D eigenvalue weighted by atomic mass is 9.69. The van der Waals surface area contributed by atoms with E-state index in [0.29, 0.717) is 17.1 Å². The number of carbonyl (C=O) groups is 1. The number of carbonyl (C=O) groups excluding carboxylic acids is 1. The van der Waals surface area contributed by atoms with E-state index in [-0.39, 0.29) is 28.3 Å². The van der Waals surface area contributed by atoms with Crippen molar-refractivity contribution < 1.29 is 4.79 Å². The summed E-state index contributed by atoms with van der Waals surface area (Å²) < 4.78 is 1.29. The molecule has 4 rings (SSSR count). The summed E-state index contributed by atoms with van der Waals surface area (Å²) in [6, 6.07) is 1.54. The molecule has 2 N–H and O–H groups in total. The van der Waals surface area contributed by atoms with E-state index in [1.807, 2.05) is 0 Å². The maximum Gasteiger partial charge on any atom is 0.272 e. The second-order valence-corrected chi connectivity index (χ2v) is 7.77. The van der Waals surface area contributed by atoms with Gasteiger partial charge in [-0.15, -0.1) is 0 Å². The van der Waals surface area contributed by atoms with E-state index in [2.05, 4.69) is 36.2 Å². The van der Waals surface area contributed by atoms with E-state index in [1.54, 1.807) is 6.20 Å². The highest BCUT2D eigenvalue weighted by atomic mass is 16.2. The van der Waals surface area contributed by atoms with E-state index in [9.17, 15) is 9.59 Å². The first-order chi connectivity index (χ1) is 10.8. The van der Waals surface area contributed by atoms with Gasteiger partial charge in [-0.3, -0.25) is 14.7 Å². The minimum Gasteiger partial charge on any atom is -0.349 e. The van der Waals surface area contributed by atoms with Gasteiger partial charge >= 0.3 is 0 Å². The number of nitrogens with zero attached hydrogens (tertiary/aromatic N) is 2. The number of hydrogen-bond acceptors (Lipinski definition) is 3. The fourth-order valence-corrected chi connectivity index (χ4v) is 4.74. The van der Waals surface area contributed by atoms with Crippen LogP contribution in [0.4, 0.5) is 0 Å². The molecule has 0 aromatic carbocycles. The Morgan fingerprint density at radius 2 is 2.22 bits per heavy atom. The van der Waals surface area contributed by atoms with Gasteiger partial charge in [0, 0.05) is 24.5 Å². The second kappa shape index (κ2) is 4.46. The van der Waals surface area contributed by atoms with Gasteiger partial charge in [-0.2, -0.15) is 0 Å². The molecule has 6 nitrogen and oxygen atoms in total. The standard InChI is InChI=1S/C17H22N4O2/c1-16(2)10-4-6-17(16,3)12(8-10)20-15(23)11-9-19-21-13(22)5-7-18-14(11)21/h5,7,9-10,12,19H,4,6,8H2,1-3H3,(H,20,23)/t10-,12+,17-/m0/s1. The lowest BCUT2D eigenvalue weighted by Gasteiger charge is -2.39. The molecule has 6 heteroatoms. The Kier molecular flexibility index (Phi) is 2.81. The first kappa shape index (κ1) is 14.5. The van der Waals surface area contributed by atoms with Crippen LogP contribution < -0.4 is 10.9 Å². The van der Waals surface area contributed by atoms with Crippen LogP contribution in [0.25, 0.3) is 5.65 Å². The molecule has 2 aliphatic carbocycles. The third kappa shape index (κ3) is 1.77. The number of rotatable bonds is 2. The van der Waals surface area contributed by atoms with Gasteiger partial charge in [0.25, 0.3) is 11.5 Å². The van der Waals surface area contributed by atoms with Crippen LogP contribution in [-0.4, -0.2) is 26.5 Å². The summed E-state index contributed by atoms with van der Waals surface area (Å²) in [5, 5.41) is 6.01. The van der Waals surface area contributed by atoms with Crippen LogP contribution in [0, 0.1) is 16.7 Å². The maximum absolute atomic E-state index is 12.7. The molecular weight excluding hydrogens is 292 g/mol. The largest absolute Gasteiger partial charge is 0.349 e. The molecular formula is C17H22N4O2. The van der Waals surface area contributed by atoms with Crippen molar-refractivity contribution in [2.75, 3.05) is 0 Å². The van der Waals surface area contributed by atoms with Gasteiger partial charge < -0.3 is 5.32 Å². The lowest BCUT2D eigenvalue weighted by Crippen LogP contribution is -2.46. The molecule has 2 saturated carbocycles. The molecule has 122 valence electrons. The van der Waals surface area contributed by atoms with Crippen molar-refractivity contribution in [1.82, 2.24) is 19.9 Å². The number of nitrogens with one attached hydrogen (secondary N) is 2. The Hall–Kier alpha value is -2.11. The van der Waals surface area contributed by atoms with E-state index in [4.69, 9.17) is 0 Å². The molecule has 0 radical (unpaired) electrons. The zero-order valence-electron chi connectivity index (χ0n) is 13.7.